The van der Waals surface area contributed by atoms with Crippen LogP contribution in [0.3, 0.4) is 0 Å². The molecule has 2 rings (SSSR count). The molecule has 0 spiro atoms. The summed E-state index contributed by atoms with van der Waals surface area (Å²) in [5.74, 6) is 0.421. The van der Waals surface area contributed by atoms with Crippen LogP contribution >= 0.6 is 0 Å². The average molecular weight is 316 g/mol. The summed E-state index contributed by atoms with van der Waals surface area (Å²) in [5.41, 5.74) is 2.48. The van der Waals surface area contributed by atoms with Gasteiger partial charge in [0.15, 0.2) is 0 Å². The Morgan fingerprint density at radius 1 is 1.04 bits per heavy atom. The number of amides is 2. The lowest BCUT2D eigenvalue weighted by atomic mass is 10.0. The first-order valence-corrected chi connectivity index (χ1v) is 8.60. The number of hydrogen-bond donors (Lipinski definition) is 0. The van der Waals surface area contributed by atoms with Crippen LogP contribution in [0.2, 0.25) is 0 Å². The first kappa shape index (κ1) is 17.5. The summed E-state index contributed by atoms with van der Waals surface area (Å²) in [6.07, 6.45) is 2.20. The van der Waals surface area contributed by atoms with Gasteiger partial charge in [-0.15, -0.1) is 0 Å². The maximum atomic E-state index is 12.5. The van der Waals surface area contributed by atoms with Gasteiger partial charge in [0.05, 0.1) is 0 Å². The minimum absolute atomic E-state index is 0.0262. The molecule has 1 heterocycles. The van der Waals surface area contributed by atoms with Crippen molar-refractivity contribution >= 4 is 11.8 Å². The Hall–Kier alpha value is -1.84. The van der Waals surface area contributed by atoms with E-state index >= 15 is 0 Å². The van der Waals surface area contributed by atoms with E-state index in [1.807, 2.05) is 35.8 Å². The third kappa shape index (κ3) is 4.81. The lowest BCUT2D eigenvalue weighted by Gasteiger charge is -2.23. The van der Waals surface area contributed by atoms with Crippen LogP contribution in [0.25, 0.3) is 0 Å². The van der Waals surface area contributed by atoms with Crippen molar-refractivity contribution in [3.63, 3.8) is 0 Å². The number of benzene rings is 1. The van der Waals surface area contributed by atoms with Crippen molar-refractivity contribution in [2.24, 2.45) is 5.92 Å². The zero-order valence-electron chi connectivity index (χ0n) is 14.5. The van der Waals surface area contributed by atoms with Crippen molar-refractivity contribution in [1.29, 1.82) is 0 Å². The van der Waals surface area contributed by atoms with Gasteiger partial charge in [-0.1, -0.05) is 38.1 Å². The van der Waals surface area contributed by atoms with Crippen LogP contribution in [0.5, 0.6) is 0 Å². The van der Waals surface area contributed by atoms with Crippen LogP contribution in [0.1, 0.15) is 37.8 Å². The molecule has 2 amide bonds. The minimum Gasteiger partial charge on any atom is -0.341 e. The molecule has 0 aliphatic carbocycles. The molecule has 0 aromatic heterocycles. The number of rotatable bonds is 4. The molecule has 0 N–H and O–H groups in total. The molecule has 0 saturated carbocycles. The largest absolute Gasteiger partial charge is 0.341 e. The standard InChI is InChI=1S/C19H28N2O2/c1-15(2)19(23)21-12-6-11-20(13-14-21)18(22)10-9-17-8-5-4-7-16(17)3/h4-5,7-8,15H,6,9-14H2,1-3H3. The van der Waals surface area contributed by atoms with Crippen molar-refractivity contribution in [3.05, 3.63) is 35.4 Å². The lowest BCUT2D eigenvalue weighted by Crippen LogP contribution is -2.39. The summed E-state index contributed by atoms with van der Waals surface area (Å²) in [7, 11) is 0. The highest BCUT2D eigenvalue weighted by atomic mass is 16.2. The van der Waals surface area contributed by atoms with E-state index < -0.39 is 0 Å². The molecule has 0 radical (unpaired) electrons. The molecule has 1 aliphatic heterocycles. The zero-order chi connectivity index (χ0) is 16.8. The fourth-order valence-electron chi connectivity index (χ4n) is 3.04. The first-order chi connectivity index (χ1) is 11.0. The van der Waals surface area contributed by atoms with Gasteiger partial charge in [-0.25, -0.2) is 0 Å². The summed E-state index contributed by atoms with van der Waals surface area (Å²) in [5, 5.41) is 0. The zero-order valence-corrected chi connectivity index (χ0v) is 14.5. The Labute approximate surface area is 139 Å². The van der Waals surface area contributed by atoms with Gasteiger partial charge in [0.25, 0.3) is 0 Å². The van der Waals surface area contributed by atoms with E-state index in [0.29, 0.717) is 19.5 Å². The third-order valence-corrected chi connectivity index (χ3v) is 4.52. The summed E-state index contributed by atoms with van der Waals surface area (Å²) < 4.78 is 0. The summed E-state index contributed by atoms with van der Waals surface area (Å²) in [6, 6.07) is 8.22. The predicted molar refractivity (Wildman–Crippen MR) is 92.1 cm³/mol. The first-order valence-electron chi connectivity index (χ1n) is 8.60. The van der Waals surface area contributed by atoms with Gasteiger partial charge >= 0.3 is 0 Å². The van der Waals surface area contributed by atoms with Crippen LogP contribution in [0.15, 0.2) is 24.3 Å². The monoisotopic (exact) mass is 316 g/mol. The number of carbonyl (C=O) groups excluding carboxylic acids is 2. The van der Waals surface area contributed by atoms with Gasteiger partial charge in [0.2, 0.25) is 11.8 Å². The Morgan fingerprint density at radius 3 is 2.39 bits per heavy atom. The van der Waals surface area contributed by atoms with Gasteiger partial charge in [0, 0.05) is 38.5 Å². The van der Waals surface area contributed by atoms with Crippen LogP contribution in [0.4, 0.5) is 0 Å². The van der Waals surface area contributed by atoms with Crippen molar-refractivity contribution in [3.8, 4) is 0 Å². The summed E-state index contributed by atoms with van der Waals surface area (Å²) in [4.78, 5) is 28.4. The molecule has 1 saturated heterocycles. The second-order valence-corrected chi connectivity index (χ2v) is 6.64. The van der Waals surface area contributed by atoms with Gasteiger partial charge in [-0.3, -0.25) is 9.59 Å². The van der Waals surface area contributed by atoms with E-state index in [2.05, 4.69) is 19.1 Å². The Morgan fingerprint density at radius 2 is 1.70 bits per heavy atom. The number of aryl methyl sites for hydroxylation is 2. The fraction of sp³-hybridized carbons (Fsp3) is 0.579. The van der Waals surface area contributed by atoms with E-state index in [0.717, 1.165) is 25.9 Å². The molecule has 4 nitrogen and oxygen atoms in total. The Bertz CT molecular complexity index is 554. The maximum Gasteiger partial charge on any atom is 0.225 e. The predicted octanol–water partition coefficient (Wildman–Crippen LogP) is 2.64. The molecule has 0 unspecified atom stereocenters. The summed E-state index contributed by atoms with van der Waals surface area (Å²) in [6.45, 7) is 8.78. The van der Waals surface area contributed by atoms with Gasteiger partial charge < -0.3 is 9.80 Å². The molecule has 1 aromatic rings. The molecule has 0 atom stereocenters. The van der Waals surface area contributed by atoms with Crippen molar-refractivity contribution in [2.75, 3.05) is 26.2 Å². The second kappa shape index (κ2) is 8.14. The highest BCUT2D eigenvalue weighted by molar-refractivity contribution is 5.79. The molecule has 23 heavy (non-hydrogen) atoms. The fourth-order valence-corrected chi connectivity index (χ4v) is 3.04. The average Bonchev–Trinajstić information content (AvgIpc) is 2.79. The Kier molecular flexibility index (Phi) is 6.20. The number of nitrogens with zero attached hydrogens (tertiary/aromatic N) is 2. The van der Waals surface area contributed by atoms with Crippen LogP contribution in [0, 0.1) is 12.8 Å². The third-order valence-electron chi connectivity index (χ3n) is 4.52. The normalized spacial score (nSPS) is 15.7. The van der Waals surface area contributed by atoms with Crippen molar-refractivity contribution in [1.82, 2.24) is 9.80 Å². The van der Waals surface area contributed by atoms with Gasteiger partial charge in [-0.2, -0.15) is 0 Å². The summed E-state index contributed by atoms with van der Waals surface area (Å²) >= 11 is 0. The number of carbonyl (C=O) groups is 2. The molecular weight excluding hydrogens is 288 g/mol. The van der Waals surface area contributed by atoms with Gasteiger partial charge in [-0.05, 0) is 30.9 Å². The topological polar surface area (TPSA) is 40.6 Å². The second-order valence-electron chi connectivity index (χ2n) is 6.64. The lowest BCUT2D eigenvalue weighted by molar-refractivity contribution is -0.135. The molecule has 1 aromatic carbocycles. The van der Waals surface area contributed by atoms with Crippen molar-refractivity contribution in [2.45, 2.75) is 40.0 Å². The van der Waals surface area contributed by atoms with E-state index in [1.54, 1.807) is 0 Å². The molecule has 1 aliphatic rings. The van der Waals surface area contributed by atoms with Crippen molar-refractivity contribution < 1.29 is 9.59 Å². The highest BCUT2D eigenvalue weighted by Crippen LogP contribution is 2.12. The highest BCUT2D eigenvalue weighted by Gasteiger charge is 2.23. The van der Waals surface area contributed by atoms with Crippen LogP contribution < -0.4 is 0 Å². The maximum absolute atomic E-state index is 12.5. The number of hydrogen-bond acceptors (Lipinski definition) is 2. The van der Waals surface area contributed by atoms with E-state index in [1.165, 1.54) is 11.1 Å². The van der Waals surface area contributed by atoms with E-state index in [9.17, 15) is 9.59 Å². The quantitative estimate of drug-likeness (QED) is 0.857. The van der Waals surface area contributed by atoms with Crippen LogP contribution in [-0.4, -0.2) is 47.8 Å². The minimum atomic E-state index is 0.0262. The SMILES string of the molecule is Cc1ccccc1CCC(=O)N1CCCN(C(=O)C(C)C)CC1. The molecule has 1 fully saturated rings. The Balaban J connectivity index is 1.86. The van der Waals surface area contributed by atoms with Crippen LogP contribution in [-0.2, 0) is 16.0 Å². The smallest absolute Gasteiger partial charge is 0.225 e. The van der Waals surface area contributed by atoms with E-state index in [4.69, 9.17) is 0 Å². The molecular formula is C19H28N2O2. The van der Waals surface area contributed by atoms with E-state index in [-0.39, 0.29) is 17.7 Å². The molecule has 126 valence electrons. The molecule has 4 heteroatoms. The molecule has 0 bridgehead atoms. The van der Waals surface area contributed by atoms with Gasteiger partial charge in [0.1, 0.15) is 0 Å².